The molecule has 0 bridgehead atoms. The van der Waals surface area contributed by atoms with Crippen LogP contribution in [0.15, 0.2) is 9.72 Å². The largest absolute Gasteiger partial charge is 0.464 e. The Bertz CT molecular complexity index is 656. The summed E-state index contributed by atoms with van der Waals surface area (Å²) < 4.78 is 35.5. The second kappa shape index (κ2) is 6.05. The Morgan fingerprint density at radius 2 is 2.29 bits per heavy atom. The minimum atomic E-state index is -4.09. The summed E-state index contributed by atoms with van der Waals surface area (Å²) in [4.78, 5) is 26.7. The lowest BCUT2D eigenvalue weighted by molar-refractivity contribution is -0.125. The number of aromatic nitrogens is 1. The first-order chi connectivity index (χ1) is 9.89. The zero-order valence-corrected chi connectivity index (χ0v) is 12.6. The quantitative estimate of drug-likeness (QED) is 0.684. The van der Waals surface area contributed by atoms with Crippen LogP contribution in [0.2, 0.25) is 0 Å². The molecule has 1 atom stereocenters. The third-order valence-corrected chi connectivity index (χ3v) is 6.12. The van der Waals surface area contributed by atoms with Gasteiger partial charge in [0.2, 0.25) is 5.91 Å². The van der Waals surface area contributed by atoms with Crippen molar-refractivity contribution < 1.29 is 27.5 Å². The SMILES string of the molecule is COC(=O)c1ncsc1S(=O)(=O)N1CCOCC1C(N)=O. The first-order valence-electron chi connectivity index (χ1n) is 5.80. The smallest absolute Gasteiger partial charge is 0.358 e. The molecule has 1 aliphatic heterocycles. The summed E-state index contributed by atoms with van der Waals surface area (Å²) in [6, 6.07) is -1.11. The highest BCUT2D eigenvalue weighted by molar-refractivity contribution is 7.91. The molecule has 9 nitrogen and oxygen atoms in total. The number of sulfonamides is 1. The minimum Gasteiger partial charge on any atom is -0.464 e. The summed E-state index contributed by atoms with van der Waals surface area (Å²) in [6.07, 6.45) is 0. The molecule has 0 aliphatic carbocycles. The fourth-order valence-electron chi connectivity index (χ4n) is 1.86. The molecule has 0 aromatic carbocycles. The van der Waals surface area contributed by atoms with Crippen LogP contribution in [0.4, 0.5) is 0 Å². The van der Waals surface area contributed by atoms with Gasteiger partial charge in [-0.25, -0.2) is 18.2 Å². The summed E-state index contributed by atoms with van der Waals surface area (Å²) in [6.45, 7) is -0.0231. The molecule has 1 unspecified atom stereocenters. The average Bonchev–Trinajstić information content (AvgIpc) is 2.96. The van der Waals surface area contributed by atoms with Gasteiger partial charge in [-0.2, -0.15) is 4.31 Å². The molecule has 1 aromatic heterocycles. The van der Waals surface area contributed by atoms with Gasteiger partial charge in [-0.15, -0.1) is 11.3 Å². The molecule has 1 amide bonds. The lowest BCUT2D eigenvalue weighted by atomic mass is 10.3. The van der Waals surface area contributed by atoms with E-state index in [9.17, 15) is 18.0 Å². The van der Waals surface area contributed by atoms with Crippen LogP contribution in [-0.2, 0) is 24.3 Å². The maximum Gasteiger partial charge on any atom is 0.358 e. The monoisotopic (exact) mass is 335 g/mol. The van der Waals surface area contributed by atoms with Crippen molar-refractivity contribution in [1.29, 1.82) is 0 Å². The Balaban J connectivity index is 2.44. The number of nitrogens with zero attached hydrogens (tertiary/aromatic N) is 2. The maximum absolute atomic E-state index is 12.6. The van der Waals surface area contributed by atoms with Crippen LogP contribution in [0.5, 0.6) is 0 Å². The number of morpholine rings is 1. The average molecular weight is 335 g/mol. The van der Waals surface area contributed by atoms with Crippen LogP contribution in [0.1, 0.15) is 10.5 Å². The van der Waals surface area contributed by atoms with E-state index in [4.69, 9.17) is 10.5 Å². The van der Waals surface area contributed by atoms with Gasteiger partial charge in [0, 0.05) is 6.54 Å². The van der Waals surface area contributed by atoms with Gasteiger partial charge in [0.25, 0.3) is 10.0 Å². The standard InChI is InChI=1S/C10H13N3O6S2/c1-18-9(15)7-10(20-5-12-7)21(16,17)13-2-3-19-4-6(13)8(11)14/h5-6H,2-4H2,1H3,(H2,11,14). The summed E-state index contributed by atoms with van der Waals surface area (Å²) in [7, 11) is -2.97. The summed E-state index contributed by atoms with van der Waals surface area (Å²) in [5, 5.41) is 0. The number of thiazole rings is 1. The lowest BCUT2D eigenvalue weighted by Gasteiger charge is -2.32. The predicted octanol–water partition coefficient (Wildman–Crippen LogP) is -1.20. The van der Waals surface area contributed by atoms with Crippen LogP contribution in [0, 0.1) is 0 Å². The van der Waals surface area contributed by atoms with Gasteiger partial charge < -0.3 is 15.2 Å². The van der Waals surface area contributed by atoms with Crippen LogP contribution in [0.3, 0.4) is 0 Å². The van der Waals surface area contributed by atoms with Crippen molar-refractivity contribution in [3.8, 4) is 0 Å². The van der Waals surface area contributed by atoms with Crippen LogP contribution >= 0.6 is 11.3 Å². The molecule has 1 aromatic rings. The number of methoxy groups -OCH3 is 1. The minimum absolute atomic E-state index is 0.0333. The molecule has 1 saturated heterocycles. The van der Waals surface area contributed by atoms with Crippen molar-refractivity contribution in [3.05, 3.63) is 11.2 Å². The predicted molar refractivity (Wildman–Crippen MR) is 71.1 cm³/mol. The second-order valence-electron chi connectivity index (χ2n) is 4.09. The molecule has 2 N–H and O–H groups in total. The zero-order chi connectivity index (χ0) is 15.6. The molecule has 1 fully saturated rings. The number of rotatable bonds is 4. The molecule has 11 heteroatoms. The molecular formula is C10H13N3O6S2. The van der Waals surface area contributed by atoms with Gasteiger partial charge in [-0.1, -0.05) is 0 Å². The Morgan fingerprint density at radius 1 is 1.57 bits per heavy atom. The number of esters is 1. The molecule has 2 heterocycles. The number of carbonyl (C=O) groups excluding carboxylic acids is 2. The zero-order valence-electron chi connectivity index (χ0n) is 11.0. The molecule has 0 radical (unpaired) electrons. The highest BCUT2D eigenvalue weighted by atomic mass is 32.2. The highest BCUT2D eigenvalue weighted by Gasteiger charge is 2.40. The maximum atomic E-state index is 12.6. The third kappa shape index (κ3) is 2.90. The van der Waals surface area contributed by atoms with Gasteiger partial charge in [0.1, 0.15) is 6.04 Å². The normalized spacial score (nSPS) is 20.1. The van der Waals surface area contributed by atoms with E-state index < -0.39 is 27.9 Å². The Kier molecular flexibility index (Phi) is 4.56. The number of hydrogen-bond acceptors (Lipinski definition) is 8. The Labute approximate surface area is 124 Å². The van der Waals surface area contributed by atoms with Crippen molar-refractivity contribution in [2.24, 2.45) is 5.73 Å². The van der Waals surface area contributed by atoms with Crippen molar-refractivity contribution in [2.45, 2.75) is 10.3 Å². The molecule has 0 saturated carbocycles. The third-order valence-electron chi connectivity index (χ3n) is 2.86. The molecule has 1 aliphatic rings. The summed E-state index contributed by atoms with van der Waals surface area (Å²) in [5.41, 5.74) is 6.12. The number of ether oxygens (including phenoxy) is 2. The van der Waals surface area contributed by atoms with Crippen molar-refractivity contribution in [3.63, 3.8) is 0 Å². The number of carbonyl (C=O) groups is 2. The van der Waals surface area contributed by atoms with Crippen LogP contribution in [-0.4, -0.2) is 62.5 Å². The molecule has 116 valence electrons. The first-order valence-corrected chi connectivity index (χ1v) is 8.12. The number of amides is 1. The van der Waals surface area contributed by atoms with E-state index in [2.05, 4.69) is 9.72 Å². The Morgan fingerprint density at radius 3 is 2.90 bits per heavy atom. The molecule has 21 heavy (non-hydrogen) atoms. The topological polar surface area (TPSA) is 129 Å². The van der Waals surface area contributed by atoms with E-state index >= 15 is 0 Å². The van der Waals surface area contributed by atoms with E-state index in [1.54, 1.807) is 0 Å². The van der Waals surface area contributed by atoms with E-state index in [1.807, 2.05) is 0 Å². The number of primary amides is 1. The van der Waals surface area contributed by atoms with Gasteiger partial charge in [-0.05, 0) is 0 Å². The fourth-order valence-corrected chi connectivity index (χ4v) is 4.67. The molecular weight excluding hydrogens is 322 g/mol. The van der Waals surface area contributed by atoms with Gasteiger partial charge in [0.15, 0.2) is 9.90 Å². The number of hydrogen-bond donors (Lipinski definition) is 1. The highest BCUT2D eigenvalue weighted by Crippen LogP contribution is 2.27. The van der Waals surface area contributed by atoms with Gasteiger partial charge >= 0.3 is 5.97 Å². The van der Waals surface area contributed by atoms with Crippen molar-refractivity contribution in [1.82, 2.24) is 9.29 Å². The molecule has 2 rings (SSSR count). The van der Waals surface area contributed by atoms with E-state index in [0.717, 1.165) is 22.8 Å². The summed E-state index contributed by atoms with van der Waals surface area (Å²) >= 11 is 0.773. The summed E-state index contributed by atoms with van der Waals surface area (Å²) in [5.74, 6) is -1.68. The lowest BCUT2D eigenvalue weighted by Crippen LogP contribution is -2.54. The van der Waals surface area contributed by atoms with E-state index in [0.29, 0.717) is 0 Å². The number of nitrogens with two attached hydrogens (primary N) is 1. The Hall–Kier alpha value is -1.56. The molecule has 0 spiro atoms. The van der Waals surface area contributed by atoms with Crippen molar-refractivity contribution >= 4 is 33.2 Å². The van der Waals surface area contributed by atoms with E-state index in [-0.39, 0.29) is 29.7 Å². The van der Waals surface area contributed by atoms with E-state index in [1.165, 1.54) is 5.51 Å². The second-order valence-corrected chi connectivity index (χ2v) is 7.03. The van der Waals surface area contributed by atoms with Gasteiger partial charge in [0.05, 0.1) is 25.8 Å². The van der Waals surface area contributed by atoms with Crippen LogP contribution in [0.25, 0.3) is 0 Å². The van der Waals surface area contributed by atoms with Crippen LogP contribution < -0.4 is 5.73 Å². The van der Waals surface area contributed by atoms with Gasteiger partial charge in [-0.3, -0.25) is 4.79 Å². The fraction of sp³-hybridized carbons (Fsp3) is 0.500. The first kappa shape index (κ1) is 15.8. The van der Waals surface area contributed by atoms with Crippen molar-refractivity contribution in [2.75, 3.05) is 26.9 Å².